The van der Waals surface area contributed by atoms with Crippen molar-refractivity contribution in [2.45, 2.75) is 31.2 Å². The van der Waals surface area contributed by atoms with Crippen LogP contribution in [-0.2, 0) is 4.74 Å². The number of ether oxygens (including phenoxy) is 1. The van der Waals surface area contributed by atoms with E-state index in [2.05, 4.69) is 36.5 Å². The van der Waals surface area contributed by atoms with E-state index >= 15 is 0 Å². The maximum Gasteiger partial charge on any atom is 0.0473 e. The second kappa shape index (κ2) is 8.56. The van der Waals surface area contributed by atoms with E-state index in [1.807, 2.05) is 25.7 Å². The molecule has 0 heterocycles. The third-order valence-electron chi connectivity index (χ3n) is 2.72. The van der Waals surface area contributed by atoms with Crippen LogP contribution >= 0.6 is 11.8 Å². The average molecular weight is 253 g/mol. The van der Waals surface area contributed by atoms with Crippen molar-refractivity contribution in [1.29, 1.82) is 0 Å². The molecule has 0 saturated carbocycles. The van der Waals surface area contributed by atoms with Gasteiger partial charge < -0.3 is 10.1 Å². The Morgan fingerprint density at radius 2 is 2.00 bits per heavy atom. The third-order valence-corrected chi connectivity index (χ3v) is 3.82. The average Bonchev–Trinajstić information content (AvgIpc) is 2.38. The first kappa shape index (κ1) is 14.6. The molecule has 0 fully saturated rings. The number of thioether (sulfide) groups is 1. The van der Waals surface area contributed by atoms with Crippen LogP contribution in [0.2, 0.25) is 0 Å². The van der Waals surface area contributed by atoms with Crippen molar-refractivity contribution in [3.05, 3.63) is 29.8 Å². The Bertz CT molecular complexity index is 300. The largest absolute Gasteiger partial charge is 0.382 e. The Balaban J connectivity index is 2.30. The fourth-order valence-electron chi connectivity index (χ4n) is 1.51. The van der Waals surface area contributed by atoms with Crippen molar-refractivity contribution in [2.75, 3.05) is 26.0 Å². The summed E-state index contributed by atoms with van der Waals surface area (Å²) in [5, 5.41) is 3.24. The van der Waals surface area contributed by atoms with E-state index in [-0.39, 0.29) is 0 Å². The summed E-state index contributed by atoms with van der Waals surface area (Å²) in [6.45, 7) is 5.90. The van der Waals surface area contributed by atoms with Gasteiger partial charge in [-0.3, -0.25) is 0 Å². The highest BCUT2D eigenvalue weighted by Gasteiger charge is 2.01. The van der Waals surface area contributed by atoms with E-state index in [4.69, 9.17) is 4.74 Å². The molecule has 0 bridgehead atoms. The molecule has 17 heavy (non-hydrogen) atoms. The smallest absolute Gasteiger partial charge is 0.0473 e. The highest BCUT2D eigenvalue weighted by Crippen LogP contribution is 2.21. The highest BCUT2D eigenvalue weighted by molar-refractivity contribution is 7.99. The zero-order chi connectivity index (χ0) is 12.5. The van der Waals surface area contributed by atoms with Crippen molar-refractivity contribution in [2.24, 2.45) is 0 Å². The summed E-state index contributed by atoms with van der Waals surface area (Å²) < 4.78 is 5.31. The van der Waals surface area contributed by atoms with E-state index in [0.29, 0.717) is 6.04 Å². The molecule has 0 amide bonds. The van der Waals surface area contributed by atoms with Crippen molar-refractivity contribution in [3.8, 4) is 0 Å². The number of hydrogen-bond acceptors (Lipinski definition) is 3. The lowest BCUT2D eigenvalue weighted by atomic mass is 10.1. The summed E-state index contributed by atoms with van der Waals surface area (Å²) in [5.41, 5.74) is 1.34. The zero-order valence-corrected chi connectivity index (χ0v) is 11.8. The summed E-state index contributed by atoms with van der Waals surface area (Å²) >= 11 is 1.90. The summed E-state index contributed by atoms with van der Waals surface area (Å²) in [4.78, 5) is 1.34. The molecule has 0 radical (unpaired) electrons. The van der Waals surface area contributed by atoms with E-state index in [1.54, 1.807) is 0 Å². The van der Waals surface area contributed by atoms with Crippen LogP contribution < -0.4 is 5.32 Å². The minimum Gasteiger partial charge on any atom is -0.382 e. The van der Waals surface area contributed by atoms with Gasteiger partial charge in [0.25, 0.3) is 0 Å². The molecule has 1 unspecified atom stereocenters. The van der Waals surface area contributed by atoms with Gasteiger partial charge in [0.2, 0.25) is 0 Å². The Morgan fingerprint density at radius 3 is 2.59 bits per heavy atom. The van der Waals surface area contributed by atoms with Crippen LogP contribution in [0.1, 0.15) is 31.9 Å². The van der Waals surface area contributed by atoms with E-state index < -0.39 is 0 Å². The van der Waals surface area contributed by atoms with Gasteiger partial charge in [-0.25, -0.2) is 0 Å². The van der Waals surface area contributed by atoms with Gasteiger partial charge in [0.15, 0.2) is 0 Å². The Labute approximate surface area is 109 Å². The predicted molar refractivity (Wildman–Crippen MR) is 75.8 cm³/mol. The summed E-state index contributed by atoms with van der Waals surface area (Å²) in [6, 6.07) is 9.23. The van der Waals surface area contributed by atoms with E-state index in [0.717, 1.165) is 25.4 Å². The minimum atomic E-state index is 0.423. The van der Waals surface area contributed by atoms with Crippen LogP contribution in [-0.4, -0.2) is 26.0 Å². The van der Waals surface area contributed by atoms with E-state index in [1.165, 1.54) is 10.5 Å². The lowest BCUT2D eigenvalue weighted by molar-refractivity contribution is 0.149. The Kier molecular flexibility index (Phi) is 7.33. The van der Waals surface area contributed by atoms with Crippen LogP contribution in [0.3, 0.4) is 0 Å². The molecular formula is C14H23NOS. The standard InChI is InChI=1S/C14H23NOS/c1-4-16-10-5-11-17-14-8-6-13(7-9-14)12(2)15-3/h6-9,12,15H,4-5,10-11H2,1-3H3. The molecule has 0 aromatic heterocycles. The normalized spacial score (nSPS) is 12.6. The maximum atomic E-state index is 5.31. The molecule has 0 spiro atoms. The molecule has 0 aliphatic carbocycles. The summed E-state index contributed by atoms with van der Waals surface area (Å²) in [7, 11) is 1.99. The lowest BCUT2D eigenvalue weighted by Crippen LogP contribution is -2.11. The molecule has 1 rings (SSSR count). The number of rotatable bonds is 8. The summed E-state index contributed by atoms with van der Waals surface area (Å²) in [6.07, 6.45) is 1.12. The molecule has 1 aromatic rings. The van der Waals surface area contributed by atoms with Gasteiger partial charge in [-0.15, -0.1) is 11.8 Å². The molecule has 2 nitrogen and oxygen atoms in total. The Hall–Kier alpha value is -0.510. The van der Waals surface area contributed by atoms with Gasteiger partial charge in [0.05, 0.1) is 0 Å². The number of benzene rings is 1. The minimum absolute atomic E-state index is 0.423. The number of hydrogen-bond donors (Lipinski definition) is 1. The van der Waals surface area contributed by atoms with Gasteiger partial charge in [0.1, 0.15) is 0 Å². The second-order valence-corrected chi connectivity index (χ2v) is 5.15. The van der Waals surface area contributed by atoms with Gasteiger partial charge in [0, 0.05) is 29.9 Å². The van der Waals surface area contributed by atoms with Gasteiger partial charge in [-0.2, -0.15) is 0 Å². The van der Waals surface area contributed by atoms with Gasteiger partial charge >= 0.3 is 0 Å². The molecule has 0 saturated heterocycles. The lowest BCUT2D eigenvalue weighted by Gasteiger charge is -2.10. The van der Waals surface area contributed by atoms with Gasteiger partial charge in [-0.1, -0.05) is 12.1 Å². The quantitative estimate of drug-likeness (QED) is 0.566. The van der Waals surface area contributed by atoms with Crippen LogP contribution in [0.25, 0.3) is 0 Å². The topological polar surface area (TPSA) is 21.3 Å². The molecule has 96 valence electrons. The van der Waals surface area contributed by atoms with E-state index in [9.17, 15) is 0 Å². The monoisotopic (exact) mass is 253 g/mol. The molecule has 3 heteroatoms. The first-order valence-electron chi connectivity index (χ1n) is 6.25. The van der Waals surface area contributed by atoms with Crippen molar-refractivity contribution in [1.82, 2.24) is 5.32 Å². The maximum absolute atomic E-state index is 5.31. The van der Waals surface area contributed by atoms with Crippen LogP contribution in [0.4, 0.5) is 0 Å². The highest BCUT2D eigenvalue weighted by atomic mass is 32.2. The first-order chi connectivity index (χ1) is 8.27. The van der Waals surface area contributed by atoms with Crippen LogP contribution in [0.5, 0.6) is 0 Å². The SMILES string of the molecule is CCOCCCSc1ccc(C(C)NC)cc1. The van der Waals surface area contributed by atoms with Crippen LogP contribution in [0, 0.1) is 0 Å². The molecule has 0 aliphatic heterocycles. The van der Waals surface area contributed by atoms with Crippen molar-refractivity contribution < 1.29 is 4.74 Å². The zero-order valence-electron chi connectivity index (χ0n) is 11.0. The van der Waals surface area contributed by atoms with Crippen LogP contribution in [0.15, 0.2) is 29.2 Å². The summed E-state index contributed by atoms with van der Waals surface area (Å²) in [5.74, 6) is 1.13. The van der Waals surface area contributed by atoms with Gasteiger partial charge in [-0.05, 0) is 45.0 Å². The van der Waals surface area contributed by atoms with Crippen molar-refractivity contribution in [3.63, 3.8) is 0 Å². The molecular weight excluding hydrogens is 230 g/mol. The predicted octanol–water partition coefficient (Wildman–Crippen LogP) is 3.49. The molecule has 0 aliphatic rings. The second-order valence-electron chi connectivity index (χ2n) is 3.98. The molecule has 1 atom stereocenters. The fraction of sp³-hybridized carbons (Fsp3) is 0.571. The third kappa shape index (κ3) is 5.57. The Morgan fingerprint density at radius 1 is 1.29 bits per heavy atom. The van der Waals surface area contributed by atoms with Crippen molar-refractivity contribution >= 4 is 11.8 Å². The molecule has 1 N–H and O–H groups in total. The number of nitrogens with one attached hydrogen (secondary N) is 1. The molecule has 1 aromatic carbocycles. The fourth-order valence-corrected chi connectivity index (χ4v) is 2.34. The first-order valence-corrected chi connectivity index (χ1v) is 7.24.